The molecule has 0 aromatic heterocycles. The predicted octanol–water partition coefficient (Wildman–Crippen LogP) is 6.15. The molecule has 1 atom stereocenters. The Hall–Kier alpha value is -3.07. The number of ether oxygens (including phenoxy) is 2. The molecule has 1 aliphatic rings. The van der Waals surface area contributed by atoms with E-state index in [1.807, 2.05) is 43.3 Å². The van der Waals surface area contributed by atoms with Gasteiger partial charge < -0.3 is 19.5 Å². The van der Waals surface area contributed by atoms with Crippen LogP contribution >= 0.6 is 15.9 Å². The highest BCUT2D eigenvalue weighted by Gasteiger charge is 2.33. The van der Waals surface area contributed by atoms with Crippen molar-refractivity contribution in [2.24, 2.45) is 0 Å². The van der Waals surface area contributed by atoms with Crippen molar-refractivity contribution < 1.29 is 29.0 Å². The third-order valence-corrected chi connectivity index (χ3v) is 6.76. The summed E-state index contributed by atoms with van der Waals surface area (Å²) in [6.07, 6.45) is -1.49. The van der Waals surface area contributed by atoms with Gasteiger partial charge >= 0.3 is 12.2 Å². The Bertz CT molecular complexity index is 1130. The normalized spacial score (nSPS) is 15.8. The fourth-order valence-corrected chi connectivity index (χ4v) is 4.50. The van der Waals surface area contributed by atoms with Gasteiger partial charge in [0.05, 0.1) is 12.6 Å². The second kappa shape index (κ2) is 10.7. The number of carboxylic acid groups (broad SMARTS) is 1. The lowest BCUT2D eigenvalue weighted by atomic mass is 9.94. The molecule has 1 heterocycles. The van der Waals surface area contributed by atoms with Crippen LogP contribution in [-0.2, 0) is 14.3 Å². The molecule has 1 N–H and O–H groups in total. The number of benzene rings is 2. The molecule has 0 spiro atoms. The third kappa shape index (κ3) is 6.33. The van der Waals surface area contributed by atoms with Gasteiger partial charge in [-0.2, -0.15) is 0 Å². The van der Waals surface area contributed by atoms with E-state index in [-0.39, 0.29) is 25.5 Å². The van der Waals surface area contributed by atoms with E-state index in [9.17, 15) is 19.5 Å². The maximum atomic E-state index is 12.8. The van der Waals surface area contributed by atoms with E-state index in [0.717, 1.165) is 26.7 Å². The van der Waals surface area contributed by atoms with E-state index in [0.29, 0.717) is 12.1 Å². The van der Waals surface area contributed by atoms with Crippen molar-refractivity contribution in [2.45, 2.75) is 52.2 Å². The molecule has 8 nitrogen and oxygen atoms in total. The van der Waals surface area contributed by atoms with Crippen LogP contribution in [0, 0.1) is 6.92 Å². The summed E-state index contributed by atoms with van der Waals surface area (Å²) in [5.74, 6) is -0.0905. The number of carbonyl (C=O) groups excluding carboxylic acids is 2. The van der Waals surface area contributed by atoms with Crippen molar-refractivity contribution in [3.63, 3.8) is 0 Å². The van der Waals surface area contributed by atoms with Crippen molar-refractivity contribution in [2.75, 3.05) is 25.1 Å². The van der Waals surface area contributed by atoms with Gasteiger partial charge in [0.1, 0.15) is 12.2 Å². The molecule has 2 aromatic rings. The Balaban J connectivity index is 1.92. The molecule has 2 amide bonds. The maximum Gasteiger partial charge on any atom is 0.508 e. The zero-order valence-corrected chi connectivity index (χ0v) is 22.2. The predicted molar refractivity (Wildman–Crippen MR) is 137 cm³/mol. The first kappa shape index (κ1) is 26.5. The summed E-state index contributed by atoms with van der Waals surface area (Å²) in [4.78, 5) is 39.7. The van der Waals surface area contributed by atoms with Gasteiger partial charge in [-0.3, -0.25) is 9.69 Å². The van der Waals surface area contributed by atoms with Crippen LogP contribution in [0.25, 0.3) is 11.1 Å². The van der Waals surface area contributed by atoms with E-state index in [1.54, 1.807) is 32.7 Å². The van der Waals surface area contributed by atoms with E-state index in [2.05, 4.69) is 15.9 Å². The zero-order chi connectivity index (χ0) is 25.9. The maximum absolute atomic E-state index is 12.8. The monoisotopic (exact) mass is 546 g/mol. The Morgan fingerprint density at radius 3 is 2.60 bits per heavy atom. The van der Waals surface area contributed by atoms with Crippen LogP contribution in [0.5, 0.6) is 0 Å². The molecule has 0 aliphatic carbocycles. The van der Waals surface area contributed by atoms with Crippen molar-refractivity contribution in [1.82, 2.24) is 4.90 Å². The van der Waals surface area contributed by atoms with Crippen LogP contribution in [0.3, 0.4) is 0 Å². The molecule has 2 aromatic carbocycles. The molecular formula is C26H31BrN2O6. The topological polar surface area (TPSA) is 96.4 Å². The lowest BCUT2D eigenvalue weighted by Crippen LogP contribution is -2.37. The van der Waals surface area contributed by atoms with Crippen LogP contribution in [0.15, 0.2) is 40.9 Å². The van der Waals surface area contributed by atoms with Crippen LogP contribution < -0.4 is 4.90 Å². The number of carbonyl (C=O) groups is 3. The van der Waals surface area contributed by atoms with E-state index < -0.39 is 23.9 Å². The Morgan fingerprint density at radius 2 is 1.94 bits per heavy atom. The quantitative estimate of drug-likeness (QED) is 0.451. The van der Waals surface area contributed by atoms with Crippen LogP contribution in [0.2, 0.25) is 0 Å². The Labute approximate surface area is 213 Å². The van der Waals surface area contributed by atoms with Gasteiger partial charge in [0.15, 0.2) is 0 Å². The molecule has 9 heteroatoms. The zero-order valence-electron chi connectivity index (χ0n) is 20.6. The standard InChI is InChI=1S/C26H31BrN2O6/c1-16-18(7-6-8-20(16)27)17-9-10-19-21(11-12-23(30)28(5)22(19)15-17)29(24(31)32)13-14-34-25(33)35-26(2,3)4/h6-10,15,21H,11-14H2,1-5H3,(H,31,32). The smallest absolute Gasteiger partial charge is 0.465 e. The molecule has 3 rings (SSSR count). The second-order valence-corrected chi connectivity index (χ2v) is 10.3. The van der Waals surface area contributed by atoms with Crippen LogP contribution in [0.1, 0.15) is 50.8 Å². The number of rotatable bonds is 5. The first-order chi connectivity index (χ1) is 16.4. The molecule has 0 fully saturated rings. The van der Waals surface area contributed by atoms with Gasteiger partial charge in [-0.15, -0.1) is 0 Å². The first-order valence-corrected chi connectivity index (χ1v) is 12.2. The Morgan fingerprint density at radius 1 is 1.23 bits per heavy atom. The molecule has 1 aliphatic heterocycles. The molecule has 0 radical (unpaired) electrons. The van der Waals surface area contributed by atoms with E-state index in [1.165, 1.54) is 4.90 Å². The average molecular weight is 547 g/mol. The fourth-order valence-electron chi connectivity index (χ4n) is 4.14. The lowest BCUT2D eigenvalue weighted by Gasteiger charge is -2.30. The molecular weight excluding hydrogens is 516 g/mol. The highest BCUT2D eigenvalue weighted by molar-refractivity contribution is 9.10. The summed E-state index contributed by atoms with van der Waals surface area (Å²) in [6.45, 7) is 6.96. The number of amides is 2. The van der Waals surface area contributed by atoms with Gasteiger partial charge in [0, 0.05) is 23.6 Å². The first-order valence-electron chi connectivity index (χ1n) is 11.4. The van der Waals surface area contributed by atoms with Crippen molar-refractivity contribution in [1.29, 1.82) is 0 Å². The summed E-state index contributed by atoms with van der Waals surface area (Å²) >= 11 is 3.57. The minimum Gasteiger partial charge on any atom is -0.465 e. The van der Waals surface area contributed by atoms with Crippen LogP contribution in [-0.4, -0.2) is 54.0 Å². The second-order valence-electron chi connectivity index (χ2n) is 9.48. The van der Waals surface area contributed by atoms with Crippen molar-refractivity contribution in [3.8, 4) is 11.1 Å². The third-order valence-electron chi connectivity index (χ3n) is 5.90. The average Bonchev–Trinajstić information content (AvgIpc) is 2.88. The summed E-state index contributed by atoms with van der Waals surface area (Å²) < 4.78 is 11.2. The van der Waals surface area contributed by atoms with Crippen molar-refractivity contribution in [3.05, 3.63) is 52.0 Å². The number of hydrogen-bond donors (Lipinski definition) is 1. The number of nitrogens with zero attached hydrogens (tertiary/aromatic N) is 2. The highest BCUT2D eigenvalue weighted by atomic mass is 79.9. The lowest BCUT2D eigenvalue weighted by molar-refractivity contribution is -0.118. The molecule has 1 unspecified atom stereocenters. The van der Waals surface area contributed by atoms with Gasteiger partial charge in [-0.05, 0) is 68.5 Å². The summed E-state index contributed by atoms with van der Waals surface area (Å²) in [7, 11) is 1.71. The minimum atomic E-state index is -1.15. The largest absolute Gasteiger partial charge is 0.508 e. The van der Waals surface area contributed by atoms with Gasteiger partial charge in [-0.25, -0.2) is 9.59 Å². The van der Waals surface area contributed by atoms with Gasteiger partial charge in [0.25, 0.3) is 0 Å². The SMILES string of the molecule is Cc1c(Br)cccc1-c1ccc2c(c1)N(C)C(=O)CCC2N(CCOC(=O)OC(C)(C)C)C(=O)O. The molecule has 0 saturated heterocycles. The Kier molecular flexibility index (Phi) is 8.10. The highest BCUT2D eigenvalue weighted by Crippen LogP contribution is 2.40. The molecule has 188 valence electrons. The summed E-state index contributed by atoms with van der Waals surface area (Å²) in [6, 6.07) is 11.1. The molecule has 35 heavy (non-hydrogen) atoms. The number of hydrogen-bond acceptors (Lipinski definition) is 5. The fraction of sp³-hybridized carbons (Fsp3) is 0.423. The molecule has 0 bridgehead atoms. The van der Waals surface area contributed by atoms with Crippen LogP contribution in [0.4, 0.5) is 15.3 Å². The summed E-state index contributed by atoms with van der Waals surface area (Å²) in [5, 5.41) is 9.98. The number of fused-ring (bicyclic) bond motifs is 1. The van der Waals surface area contributed by atoms with E-state index >= 15 is 0 Å². The van der Waals surface area contributed by atoms with Crippen molar-refractivity contribution >= 4 is 39.8 Å². The number of anilines is 1. The molecule has 0 saturated carbocycles. The number of halogens is 1. The van der Waals surface area contributed by atoms with E-state index in [4.69, 9.17) is 9.47 Å². The van der Waals surface area contributed by atoms with Gasteiger partial charge in [0.2, 0.25) is 5.91 Å². The minimum absolute atomic E-state index is 0.0525. The van der Waals surface area contributed by atoms with Gasteiger partial charge in [-0.1, -0.05) is 40.2 Å². The summed E-state index contributed by atoms with van der Waals surface area (Å²) in [5.41, 5.74) is 3.70.